The van der Waals surface area contributed by atoms with Crippen LogP contribution in [0.1, 0.15) is 20.7 Å². The molecule has 0 spiro atoms. The Bertz CT molecular complexity index is 1190. The van der Waals surface area contributed by atoms with Crippen LogP contribution in [-0.4, -0.2) is 15.5 Å². The fourth-order valence-corrected chi connectivity index (χ4v) is 3.56. The van der Waals surface area contributed by atoms with E-state index in [1.54, 1.807) is 24.3 Å². The van der Waals surface area contributed by atoms with E-state index < -0.39 is 10.5 Å². The van der Waals surface area contributed by atoms with Crippen LogP contribution in [0.4, 0.5) is 0 Å². The van der Waals surface area contributed by atoms with Gasteiger partial charge in [-0.2, -0.15) is 0 Å². The number of halogens is 3. The lowest BCUT2D eigenvalue weighted by Crippen LogP contribution is -1.94. The van der Waals surface area contributed by atoms with Crippen LogP contribution < -0.4 is 0 Å². The molecule has 0 N–H and O–H groups in total. The lowest BCUT2D eigenvalue weighted by molar-refractivity contribution is 0.107. The number of rotatable bonds is 5. The van der Waals surface area contributed by atoms with Gasteiger partial charge in [0.2, 0.25) is 0 Å². The maximum atomic E-state index is 11.4. The molecule has 3 aromatic carbocycles. The number of hydrogen-bond acceptors (Lipinski definition) is 3. The van der Waals surface area contributed by atoms with E-state index in [-0.39, 0.29) is 0 Å². The zero-order chi connectivity index (χ0) is 22.0. The fraction of sp³-hybridized carbons (Fsp3) is 0. The van der Waals surface area contributed by atoms with Crippen molar-refractivity contribution < 1.29 is 9.59 Å². The van der Waals surface area contributed by atoms with E-state index in [1.165, 1.54) is 0 Å². The number of carbonyl (C=O) groups excluding carboxylic acids is 2. The van der Waals surface area contributed by atoms with Gasteiger partial charge >= 0.3 is 0 Å². The molecule has 0 aliphatic rings. The summed E-state index contributed by atoms with van der Waals surface area (Å²) in [6, 6.07) is 25.4. The highest BCUT2D eigenvalue weighted by Gasteiger charge is 2.11. The first-order valence-electron chi connectivity index (χ1n) is 9.29. The minimum absolute atomic E-state index is 0.417. The molecule has 152 valence electrons. The molecule has 1 heterocycles. The first kappa shape index (κ1) is 21.3. The number of nitrogens with zero attached hydrogens (tertiary/aromatic N) is 1. The van der Waals surface area contributed by atoms with Crippen molar-refractivity contribution in [2.45, 2.75) is 0 Å². The molecule has 6 heteroatoms. The van der Waals surface area contributed by atoms with Crippen molar-refractivity contribution in [3.8, 4) is 33.6 Å². The predicted molar refractivity (Wildman–Crippen MR) is 126 cm³/mol. The van der Waals surface area contributed by atoms with Gasteiger partial charge < -0.3 is 0 Å². The van der Waals surface area contributed by atoms with Gasteiger partial charge in [0.1, 0.15) is 0 Å². The quantitative estimate of drug-likeness (QED) is 0.286. The smallest absolute Gasteiger partial charge is 0.252 e. The fourth-order valence-electron chi connectivity index (χ4n) is 3.18. The molecular formula is C25H14Cl3NO2. The summed E-state index contributed by atoms with van der Waals surface area (Å²) >= 11 is 17.2. The minimum Gasteiger partial charge on any atom is -0.276 e. The van der Waals surface area contributed by atoms with Gasteiger partial charge in [-0.15, -0.1) is 0 Å². The molecule has 0 radical (unpaired) electrons. The molecular weight excluding hydrogens is 453 g/mol. The standard InChI is InChI=1S/C25H14Cl3NO2/c26-21-11-9-15(10-12-21)20-13-22(16-1-5-18(6-2-16)24(27)30)29-23(14-20)17-3-7-19(8-4-17)25(28)31/h1-14H. The maximum absolute atomic E-state index is 11.4. The van der Waals surface area contributed by atoms with Crippen LogP contribution in [0.15, 0.2) is 84.9 Å². The molecule has 0 saturated carbocycles. The first-order valence-corrected chi connectivity index (χ1v) is 10.4. The largest absolute Gasteiger partial charge is 0.276 e. The molecule has 0 aliphatic heterocycles. The second-order valence-electron chi connectivity index (χ2n) is 6.84. The van der Waals surface area contributed by atoms with E-state index in [4.69, 9.17) is 39.8 Å². The van der Waals surface area contributed by atoms with Gasteiger partial charge in [-0.25, -0.2) is 4.98 Å². The highest BCUT2D eigenvalue weighted by molar-refractivity contribution is 6.68. The maximum Gasteiger partial charge on any atom is 0.252 e. The Balaban J connectivity index is 1.84. The van der Waals surface area contributed by atoms with E-state index in [2.05, 4.69) is 0 Å². The third kappa shape index (κ3) is 4.86. The lowest BCUT2D eigenvalue weighted by atomic mass is 9.99. The third-order valence-corrected chi connectivity index (χ3v) is 5.51. The average molecular weight is 467 g/mol. The summed E-state index contributed by atoms with van der Waals surface area (Å²) in [5.41, 5.74) is 5.90. The van der Waals surface area contributed by atoms with E-state index >= 15 is 0 Å². The molecule has 0 amide bonds. The van der Waals surface area contributed by atoms with Crippen LogP contribution in [-0.2, 0) is 0 Å². The second kappa shape index (κ2) is 9.03. The van der Waals surface area contributed by atoms with Crippen LogP contribution in [0.2, 0.25) is 5.02 Å². The number of pyridine rings is 1. The summed E-state index contributed by atoms with van der Waals surface area (Å²) in [5, 5.41) is -0.367. The Kier molecular flexibility index (Phi) is 6.19. The summed E-state index contributed by atoms with van der Waals surface area (Å²) in [6.45, 7) is 0. The molecule has 3 nitrogen and oxygen atoms in total. The molecule has 0 aliphatic carbocycles. The number of hydrogen-bond donors (Lipinski definition) is 0. The third-order valence-electron chi connectivity index (χ3n) is 4.82. The van der Waals surface area contributed by atoms with Crippen molar-refractivity contribution in [2.24, 2.45) is 0 Å². The van der Waals surface area contributed by atoms with Crippen LogP contribution in [0.3, 0.4) is 0 Å². The monoisotopic (exact) mass is 465 g/mol. The molecule has 0 saturated heterocycles. The lowest BCUT2D eigenvalue weighted by Gasteiger charge is -2.11. The summed E-state index contributed by atoms with van der Waals surface area (Å²) < 4.78 is 0. The van der Waals surface area contributed by atoms with Crippen LogP contribution in [0.5, 0.6) is 0 Å². The van der Waals surface area contributed by atoms with Crippen LogP contribution in [0, 0.1) is 0 Å². The van der Waals surface area contributed by atoms with E-state index in [1.807, 2.05) is 60.7 Å². The van der Waals surface area contributed by atoms with E-state index in [0.717, 1.165) is 33.6 Å². The Morgan fingerprint density at radius 2 is 0.935 bits per heavy atom. The van der Waals surface area contributed by atoms with Crippen molar-refractivity contribution in [1.29, 1.82) is 0 Å². The first-order chi connectivity index (χ1) is 14.9. The topological polar surface area (TPSA) is 47.0 Å². The summed E-state index contributed by atoms with van der Waals surface area (Å²) in [4.78, 5) is 27.6. The minimum atomic E-state index is -0.510. The zero-order valence-corrected chi connectivity index (χ0v) is 18.2. The Labute approximate surface area is 194 Å². The molecule has 31 heavy (non-hydrogen) atoms. The van der Waals surface area contributed by atoms with Gasteiger partial charge in [0.05, 0.1) is 11.4 Å². The molecule has 0 bridgehead atoms. The predicted octanol–water partition coefficient (Wildman–Crippen LogP) is 7.49. The zero-order valence-electron chi connectivity index (χ0n) is 16.0. The number of carbonyl (C=O) groups is 2. The van der Waals surface area contributed by atoms with Crippen molar-refractivity contribution in [3.63, 3.8) is 0 Å². The van der Waals surface area contributed by atoms with Gasteiger partial charge in [-0.3, -0.25) is 9.59 Å². The number of benzene rings is 3. The van der Waals surface area contributed by atoms with E-state index in [9.17, 15) is 9.59 Å². The SMILES string of the molecule is O=C(Cl)c1ccc(-c2cc(-c3ccc(Cl)cc3)cc(-c3ccc(C(=O)Cl)cc3)n2)cc1. The molecule has 4 aromatic rings. The molecule has 0 atom stereocenters. The normalized spacial score (nSPS) is 10.7. The number of aromatic nitrogens is 1. The van der Waals surface area contributed by atoms with Crippen molar-refractivity contribution >= 4 is 45.3 Å². The van der Waals surface area contributed by atoms with Crippen LogP contribution >= 0.6 is 34.8 Å². The molecule has 4 rings (SSSR count). The van der Waals surface area contributed by atoms with E-state index in [0.29, 0.717) is 16.1 Å². The molecule has 0 unspecified atom stereocenters. The van der Waals surface area contributed by atoms with Crippen LogP contribution in [0.25, 0.3) is 33.6 Å². The van der Waals surface area contributed by atoms with Gasteiger partial charge in [0.25, 0.3) is 10.5 Å². The average Bonchev–Trinajstić information content (AvgIpc) is 2.79. The van der Waals surface area contributed by atoms with Gasteiger partial charge in [-0.1, -0.05) is 48.0 Å². The summed E-state index contributed by atoms with van der Waals surface area (Å²) in [7, 11) is 0. The molecule has 0 fully saturated rings. The second-order valence-corrected chi connectivity index (χ2v) is 7.96. The Morgan fingerprint density at radius 1 is 0.548 bits per heavy atom. The highest BCUT2D eigenvalue weighted by Crippen LogP contribution is 2.31. The van der Waals surface area contributed by atoms with Crippen molar-refractivity contribution in [1.82, 2.24) is 4.98 Å². The van der Waals surface area contributed by atoms with Gasteiger partial charge in [-0.05, 0) is 82.9 Å². The molecule has 1 aromatic heterocycles. The highest BCUT2D eigenvalue weighted by atomic mass is 35.5. The van der Waals surface area contributed by atoms with Gasteiger partial charge in [0, 0.05) is 27.3 Å². The summed E-state index contributed by atoms with van der Waals surface area (Å²) in [5.74, 6) is 0. The van der Waals surface area contributed by atoms with Crippen molar-refractivity contribution in [3.05, 3.63) is 101 Å². The summed E-state index contributed by atoms with van der Waals surface area (Å²) in [6.07, 6.45) is 0. The van der Waals surface area contributed by atoms with Gasteiger partial charge in [0.15, 0.2) is 0 Å². The Hall–Kier alpha value is -2.98. The Morgan fingerprint density at radius 3 is 1.32 bits per heavy atom. The van der Waals surface area contributed by atoms with Crippen molar-refractivity contribution in [2.75, 3.05) is 0 Å².